The summed E-state index contributed by atoms with van der Waals surface area (Å²) in [7, 11) is 0. The molecule has 0 amide bonds. The van der Waals surface area contributed by atoms with Crippen molar-refractivity contribution in [1.82, 2.24) is 0 Å². The largest absolute Gasteiger partial charge is 0.472 e. The van der Waals surface area contributed by atoms with Crippen LogP contribution >= 0.6 is 33.6 Å². The fourth-order valence-corrected chi connectivity index (χ4v) is 18.6. The van der Waals surface area contributed by atoms with Crippen LogP contribution in [0, 0.1) is 0 Å². The molecule has 3 nitrogen and oxygen atoms in total. The molecular weight excluding hydrogens is 413 g/mol. The second-order valence-electron chi connectivity index (χ2n) is 6.23. The van der Waals surface area contributed by atoms with Crippen molar-refractivity contribution in [3.63, 3.8) is 0 Å². The van der Waals surface area contributed by atoms with Gasteiger partial charge in [0, 0.05) is 0 Å². The summed E-state index contributed by atoms with van der Waals surface area (Å²) < 4.78 is 15.6. The first kappa shape index (κ1) is 20.8. The van der Waals surface area contributed by atoms with Crippen molar-refractivity contribution < 1.29 is 13.3 Å². The van der Waals surface area contributed by atoms with Crippen molar-refractivity contribution in [3.05, 3.63) is 72.5 Å². The van der Waals surface area contributed by atoms with Gasteiger partial charge in [-0.3, -0.25) is 0 Å². The SMILES string of the molecule is CC[Si](SCCc1ccoc1)(SCCc1ccoc1)SCCc1ccoc1. The second-order valence-corrected chi connectivity index (χ2v) is 21.6. The number of aryl methyl sites for hydroxylation is 3. The lowest BCUT2D eigenvalue weighted by atomic mass is 10.3. The Balaban J connectivity index is 1.53. The van der Waals surface area contributed by atoms with Crippen LogP contribution in [0.25, 0.3) is 0 Å². The molecule has 3 aromatic rings. The fraction of sp³-hybridized carbons (Fsp3) is 0.400. The van der Waals surface area contributed by atoms with Crippen molar-refractivity contribution >= 4 is 39.2 Å². The molecule has 0 aliphatic rings. The summed E-state index contributed by atoms with van der Waals surface area (Å²) in [4.78, 5) is 0. The van der Waals surface area contributed by atoms with Gasteiger partial charge in [-0.05, 0) is 77.5 Å². The third kappa shape index (κ3) is 6.89. The quantitative estimate of drug-likeness (QED) is 0.278. The van der Waals surface area contributed by atoms with E-state index < -0.39 is 5.52 Å². The summed E-state index contributed by atoms with van der Waals surface area (Å²) >= 11 is 6.65. The average Bonchev–Trinajstić information content (AvgIpc) is 3.45. The molecule has 0 fully saturated rings. The Morgan fingerprint density at radius 3 is 1.30 bits per heavy atom. The Bertz CT molecular complexity index is 628. The zero-order valence-electron chi connectivity index (χ0n) is 15.6. The molecule has 0 radical (unpaired) electrons. The van der Waals surface area contributed by atoms with Crippen LogP contribution < -0.4 is 0 Å². The molecule has 3 rings (SSSR count). The molecule has 0 aliphatic heterocycles. The normalized spacial score (nSPS) is 11.9. The van der Waals surface area contributed by atoms with E-state index in [-0.39, 0.29) is 0 Å². The van der Waals surface area contributed by atoms with Crippen molar-refractivity contribution in [1.29, 1.82) is 0 Å². The van der Waals surface area contributed by atoms with Gasteiger partial charge >= 0.3 is 0 Å². The first-order chi connectivity index (χ1) is 13.3. The molecular formula is C20H26O3S3Si. The van der Waals surface area contributed by atoms with Crippen LogP contribution in [-0.4, -0.2) is 22.8 Å². The lowest BCUT2D eigenvalue weighted by Crippen LogP contribution is -2.24. The maximum absolute atomic E-state index is 5.21. The van der Waals surface area contributed by atoms with Gasteiger partial charge in [0.15, 0.2) is 0 Å². The highest BCUT2D eigenvalue weighted by Gasteiger charge is 2.33. The van der Waals surface area contributed by atoms with E-state index in [9.17, 15) is 0 Å². The molecule has 0 saturated carbocycles. The van der Waals surface area contributed by atoms with Gasteiger partial charge in [-0.25, -0.2) is 0 Å². The minimum absolute atomic E-state index is 1.08. The molecule has 146 valence electrons. The highest BCUT2D eigenvalue weighted by atomic mass is 32.8. The van der Waals surface area contributed by atoms with Gasteiger partial charge in [0.05, 0.1) is 37.6 Å². The van der Waals surface area contributed by atoms with Crippen LogP contribution in [0.15, 0.2) is 69.0 Å². The lowest BCUT2D eigenvalue weighted by molar-refractivity contribution is 0.564. The van der Waals surface area contributed by atoms with Crippen LogP contribution in [0.3, 0.4) is 0 Å². The van der Waals surface area contributed by atoms with Crippen LogP contribution in [0.1, 0.15) is 23.6 Å². The molecule has 0 saturated heterocycles. The molecule has 27 heavy (non-hydrogen) atoms. The van der Waals surface area contributed by atoms with E-state index in [0.29, 0.717) is 0 Å². The van der Waals surface area contributed by atoms with E-state index in [2.05, 4.69) is 58.8 Å². The van der Waals surface area contributed by atoms with E-state index >= 15 is 0 Å². The molecule has 0 aromatic carbocycles. The van der Waals surface area contributed by atoms with Crippen molar-refractivity contribution in [3.8, 4) is 0 Å². The average molecular weight is 439 g/mol. The summed E-state index contributed by atoms with van der Waals surface area (Å²) in [5.74, 6) is 3.49. The summed E-state index contributed by atoms with van der Waals surface area (Å²) in [6.07, 6.45) is 14.2. The number of hydrogen-bond donors (Lipinski definition) is 0. The maximum atomic E-state index is 5.21. The minimum Gasteiger partial charge on any atom is -0.472 e. The van der Waals surface area contributed by atoms with Crippen molar-refractivity contribution in [2.45, 2.75) is 32.2 Å². The molecule has 3 heterocycles. The Morgan fingerprint density at radius 1 is 0.667 bits per heavy atom. The van der Waals surface area contributed by atoms with Gasteiger partial charge in [-0.2, -0.15) is 33.6 Å². The zero-order valence-corrected chi connectivity index (χ0v) is 19.0. The smallest absolute Gasteiger partial charge is 0.237 e. The summed E-state index contributed by atoms with van der Waals surface area (Å²) in [5, 5.41) is 0. The predicted molar refractivity (Wildman–Crippen MR) is 121 cm³/mol. The van der Waals surface area contributed by atoms with Crippen molar-refractivity contribution in [2.24, 2.45) is 0 Å². The van der Waals surface area contributed by atoms with Gasteiger partial charge in [0.2, 0.25) is 5.52 Å². The Labute approximate surface area is 174 Å². The predicted octanol–water partition coefficient (Wildman–Crippen LogP) is 6.65. The maximum Gasteiger partial charge on any atom is 0.237 e. The highest BCUT2D eigenvalue weighted by molar-refractivity contribution is 8.81. The van der Waals surface area contributed by atoms with Gasteiger partial charge in [0.25, 0.3) is 0 Å². The van der Waals surface area contributed by atoms with E-state index in [1.54, 1.807) is 18.8 Å². The highest BCUT2D eigenvalue weighted by Crippen LogP contribution is 2.45. The van der Waals surface area contributed by atoms with Gasteiger partial charge < -0.3 is 13.3 Å². The van der Waals surface area contributed by atoms with E-state index in [1.165, 1.54) is 22.7 Å². The zero-order chi connectivity index (χ0) is 18.8. The molecule has 3 aromatic heterocycles. The third-order valence-corrected chi connectivity index (χ3v) is 22.5. The molecule has 0 aliphatic carbocycles. The standard InChI is InChI=1S/C20H26O3S3Si/c1-2-27(24-12-6-18-3-9-21-15-18,25-13-7-19-4-10-22-16-19)26-14-8-20-5-11-23-17-20/h3-5,9-11,15-17H,2,6-8,12-14H2,1H3. The fourth-order valence-electron chi connectivity index (χ4n) is 2.71. The van der Waals surface area contributed by atoms with Gasteiger partial charge in [-0.1, -0.05) is 6.92 Å². The van der Waals surface area contributed by atoms with Crippen LogP contribution in [0.5, 0.6) is 0 Å². The summed E-state index contributed by atoms with van der Waals surface area (Å²) in [6, 6.07) is 7.50. The molecule has 7 heteroatoms. The molecule has 0 bridgehead atoms. The minimum atomic E-state index is -1.51. The molecule has 0 unspecified atom stereocenters. The molecule has 0 spiro atoms. The van der Waals surface area contributed by atoms with E-state index in [4.69, 9.17) is 13.3 Å². The van der Waals surface area contributed by atoms with Crippen LogP contribution in [0.2, 0.25) is 6.04 Å². The lowest BCUT2D eigenvalue weighted by Gasteiger charge is -2.28. The number of hydrogen-bond acceptors (Lipinski definition) is 6. The number of furan rings is 3. The molecule has 0 N–H and O–H groups in total. The summed E-state index contributed by atoms with van der Waals surface area (Å²) in [5.41, 5.74) is 2.39. The van der Waals surface area contributed by atoms with Crippen LogP contribution in [-0.2, 0) is 19.3 Å². The topological polar surface area (TPSA) is 39.4 Å². The van der Waals surface area contributed by atoms with Crippen molar-refractivity contribution in [2.75, 3.05) is 17.3 Å². The number of rotatable bonds is 13. The van der Waals surface area contributed by atoms with Gasteiger partial charge in [0.1, 0.15) is 0 Å². The molecule has 0 atom stereocenters. The first-order valence-electron chi connectivity index (χ1n) is 9.25. The first-order valence-corrected chi connectivity index (χ1v) is 16.6. The Morgan fingerprint density at radius 2 is 1.04 bits per heavy atom. The Hall–Kier alpha value is -0.893. The summed E-state index contributed by atoms with van der Waals surface area (Å²) in [6.45, 7) is 2.37. The van der Waals surface area contributed by atoms with E-state index in [0.717, 1.165) is 36.5 Å². The monoisotopic (exact) mass is 438 g/mol. The van der Waals surface area contributed by atoms with E-state index in [1.807, 2.05) is 18.8 Å². The van der Waals surface area contributed by atoms with Gasteiger partial charge in [-0.15, -0.1) is 0 Å². The third-order valence-electron chi connectivity index (χ3n) is 4.31. The second kappa shape index (κ2) is 11.2. The van der Waals surface area contributed by atoms with Crippen LogP contribution in [0.4, 0.5) is 0 Å². The Kier molecular flexibility index (Phi) is 8.63.